The molecule has 28 rings (SSSR count). The van der Waals surface area contributed by atoms with Crippen molar-refractivity contribution in [2.24, 2.45) is 84.6 Å². The fourth-order valence-electron chi connectivity index (χ4n) is 21.7. The van der Waals surface area contributed by atoms with Gasteiger partial charge >= 0.3 is 0 Å². The second kappa shape index (κ2) is 28.1. The second-order valence-corrected chi connectivity index (χ2v) is 33.8. The third kappa shape index (κ3) is 10.6. The van der Waals surface area contributed by atoms with Crippen molar-refractivity contribution in [3.63, 3.8) is 0 Å². The molecule has 0 saturated heterocycles. The molecular formula is C112H92N12. The van der Waals surface area contributed by atoms with Gasteiger partial charge in [0, 0.05) is 253 Å². The lowest BCUT2D eigenvalue weighted by Crippen LogP contribution is -1.94. The van der Waals surface area contributed by atoms with Crippen LogP contribution in [0.25, 0.3) is 240 Å². The van der Waals surface area contributed by atoms with E-state index in [2.05, 4.69) is 479 Å². The Balaban J connectivity index is 0.0000000861. The summed E-state index contributed by atoms with van der Waals surface area (Å²) < 4.78 is 27.6. The van der Waals surface area contributed by atoms with Crippen LogP contribution in [0.2, 0.25) is 0 Å². The number of para-hydroxylation sites is 12. The van der Waals surface area contributed by atoms with Crippen molar-refractivity contribution in [2.75, 3.05) is 0 Å². The Morgan fingerprint density at radius 1 is 0.113 bits per heavy atom. The number of aromatic nitrogens is 12. The summed E-state index contributed by atoms with van der Waals surface area (Å²) in [7, 11) is 25.9. The van der Waals surface area contributed by atoms with E-state index in [9.17, 15) is 0 Å². The third-order valence-electron chi connectivity index (χ3n) is 27.6. The van der Waals surface area contributed by atoms with E-state index in [0.29, 0.717) is 0 Å². The molecule has 0 atom stereocenters. The van der Waals surface area contributed by atoms with Gasteiger partial charge in [-0.15, -0.1) is 0 Å². The van der Waals surface area contributed by atoms with Crippen molar-refractivity contribution in [2.45, 2.75) is 0 Å². The third-order valence-corrected chi connectivity index (χ3v) is 27.6. The van der Waals surface area contributed by atoms with E-state index in [1.807, 2.05) is 0 Å². The quantitative estimate of drug-likeness (QED) is 0.145. The minimum atomic E-state index is 1.29. The van der Waals surface area contributed by atoms with E-state index >= 15 is 0 Å². The normalized spacial score (nSPS) is 12.0. The molecule has 12 aromatic heterocycles. The zero-order valence-electron chi connectivity index (χ0n) is 71.7. The van der Waals surface area contributed by atoms with Crippen LogP contribution in [-0.2, 0) is 84.6 Å². The van der Waals surface area contributed by atoms with Crippen molar-refractivity contribution in [3.8, 4) is 0 Å². The molecule has 12 heterocycles. The summed E-state index contributed by atoms with van der Waals surface area (Å²) in [4.78, 5) is 0. The van der Waals surface area contributed by atoms with Gasteiger partial charge in [-0.2, -0.15) is 0 Å². The van der Waals surface area contributed by atoms with Crippen LogP contribution in [0.15, 0.2) is 340 Å². The minimum Gasteiger partial charge on any atom is -0.344 e. The maximum Gasteiger partial charge on any atom is 0.121 e. The predicted molar refractivity (Wildman–Crippen MR) is 531 cm³/mol. The maximum absolute atomic E-state index is 2.36. The average Bonchev–Trinajstić information content (AvgIpc) is 1.60. The van der Waals surface area contributed by atoms with Gasteiger partial charge in [0.05, 0.1) is 66.2 Å². The van der Waals surface area contributed by atoms with Crippen LogP contribution in [0.5, 0.6) is 0 Å². The minimum absolute atomic E-state index is 1.29. The number of nitrogens with zero attached hydrogens (tertiary/aromatic N) is 12. The van der Waals surface area contributed by atoms with Crippen LogP contribution in [0.1, 0.15) is 0 Å². The first kappa shape index (κ1) is 73.7. The number of fused-ring (bicyclic) bond motifs is 36. The highest BCUT2D eigenvalue weighted by Gasteiger charge is 2.23. The monoisotopic (exact) mass is 1600 g/mol. The molecule has 0 N–H and O–H groups in total. The molecule has 0 saturated carbocycles. The summed E-state index contributed by atoms with van der Waals surface area (Å²) in [6, 6.07) is 122. The molecule has 0 amide bonds. The van der Waals surface area contributed by atoms with Gasteiger partial charge in [0.15, 0.2) is 0 Å². The Labute approximate surface area is 714 Å². The maximum atomic E-state index is 2.36. The molecule has 12 nitrogen and oxygen atoms in total. The molecule has 0 aliphatic rings. The Morgan fingerprint density at radius 2 is 0.306 bits per heavy atom. The van der Waals surface area contributed by atoms with Crippen LogP contribution in [0.3, 0.4) is 0 Å². The highest BCUT2D eigenvalue weighted by Crippen LogP contribution is 2.44. The number of hydrogen-bond donors (Lipinski definition) is 0. The summed E-state index contributed by atoms with van der Waals surface area (Å²) in [6.45, 7) is 0. The largest absolute Gasteiger partial charge is 0.344 e. The molecule has 12 heteroatoms. The Kier molecular flexibility index (Phi) is 16.7. The lowest BCUT2D eigenvalue weighted by atomic mass is 10.1. The van der Waals surface area contributed by atoms with Crippen molar-refractivity contribution in [1.82, 2.24) is 54.8 Å². The predicted octanol–water partition coefficient (Wildman–Crippen LogP) is 27.6. The molecule has 28 aromatic rings. The fourth-order valence-corrected chi connectivity index (χ4v) is 21.7. The molecule has 0 fully saturated rings. The van der Waals surface area contributed by atoms with Crippen molar-refractivity contribution >= 4 is 240 Å². The lowest BCUT2D eigenvalue weighted by Gasteiger charge is -2.03. The highest BCUT2D eigenvalue weighted by molar-refractivity contribution is 6.28. The molecule has 0 aliphatic carbocycles. The van der Waals surface area contributed by atoms with E-state index in [-0.39, 0.29) is 0 Å². The molecule has 0 radical (unpaired) electrons. The molecule has 0 aliphatic heterocycles. The lowest BCUT2D eigenvalue weighted by molar-refractivity contribution is 0.908. The van der Waals surface area contributed by atoms with Crippen LogP contribution >= 0.6 is 0 Å². The topological polar surface area (TPSA) is 59.2 Å². The number of benzene rings is 16. The zero-order valence-corrected chi connectivity index (χ0v) is 71.7. The molecule has 0 spiro atoms. The van der Waals surface area contributed by atoms with Gasteiger partial charge < -0.3 is 54.8 Å². The van der Waals surface area contributed by atoms with Gasteiger partial charge in [0.25, 0.3) is 0 Å². The van der Waals surface area contributed by atoms with Crippen molar-refractivity contribution < 1.29 is 0 Å². The first-order valence-corrected chi connectivity index (χ1v) is 42.8. The number of aryl methyl sites for hydroxylation is 12. The summed E-state index contributed by atoms with van der Waals surface area (Å²) in [5.41, 5.74) is 29.9. The summed E-state index contributed by atoms with van der Waals surface area (Å²) in [6.07, 6.45) is 0. The van der Waals surface area contributed by atoms with Crippen LogP contribution in [0.4, 0.5) is 0 Å². The fraction of sp³-hybridized carbons (Fsp3) is 0.107. The SMILES string of the molecule is Cn1c2ccccc2c2c1c1ccccc1n2C.Cn1c2ccccc2c2c1ccc1c3ccccc3n(C)c12.Cn1c2ccccc2c2c3ccccc3n(C)c21.Cn1c2ccccc2c2cc3c(cc21)c1ccccc1n3C.Cn1c2ccccc2c2cc3c4ccccc4n(C)c3cc21.Cn1c2ccccc2c2ccc3c4ccccc4n(C)c3c21. The molecule has 0 bridgehead atoms. The van der Waals surface area contributed by atoms with Gasteiger partial charge in [-0.25, -0.2) is 0 Å². The van der Waals surface area contributed by atoms with Crippen LogP contribution < -0.4 is 0 Å². The van der Waals surface area contributed by atoms with Gasteiger partial charge in [-0.1, -0.05) is 237 Å². The number of rotatable bonds is 0. The van der Waals surface area contributed by atoms with Gasteiger partial charge in [-0.3, -0.25) is 0 Å². The van der Waals surface area contributed by atoms with Crippen molar-refractivity contribution in [3.05, 3.63) is 340 Å². The van der Waals surface area contributed by atoms with E-state index in [1.165, 1.54) is 240 Å². The summed E-state index contributed by atoms with van der Waals surface area (Å²) >= 11 is 0. The highest BCUT2D eigenvalue weighted by atomic mass is 15.1. The first-order chi connectivity index (χ1) is 60.6. The van der Waals surface area contributed by atoms with E-state index < -0.39 is 0 Å². The van der Waals surface area contributed by atoms with Gasteiger partial charge in [-0.05, 0) is 103 Å². The molecule has 124 heavy (non-hydrogen) atoms. The van der Waals surface area contributed by atoms with Crippen LogP contribution in [-0.4, -0.2) is 54.8 Å². The van der Waals surface area contributed by atoms with Crippen molar-refractivity contribution in [1.29, 1.82) is 0 Å². The Hall–Kier alpha value is -15.4. The average molecular weight is 1610 g/mol. The van der Waals surface area contributed by atoms with E-state index in [4.69, 9.17) is 0 Å². The molecule has 600 valence electrons. The Morgan fingerprint density at radius 3 is 0.629 bits per heavy atom. The Bertz CT molecular complexity index is 8800. The number of hydrogen-bond acceptors (Lipinski definition) is 0. The molecular weight excluding hydrogens is 1510 g/mol. The standard InChI is InChI=1S/4C20H16N2.2C16H14N2/c1-21-17-9-5-3-7-13(17)15-12-20-16(11-19(15)21)14-8-4-6-10-18(14)22(20)2;1-21-17-9-5-3-7-13(17)15-11-16-14-8-4-6-10-18(14)22(2)20(16)12-19(15)21;1-21-17-10-6-4-8-15(17)19-18(21)12-11-14-13-7-3-5-9-16(13)22(2)20(14)19;1-21-17-9-5-3-7-13(17)15-11-12-16-14-8-4-6-10-18(14)22(2)20(16)19(15)21;1-17-13-9-5-3-7-11(13)16-15(17)12-8-4-6-10-14(12)18(16)2;1-17-13-9-5-3-7-11(13)15-12-8-4-6-10-14(12)18(2)16(15)17/h4*3-12H,1-2H3;2*3-10H,1-2H3. The van der Waals surface area contributed by atoms with E-state index in [0.717, 1.165) is 0 Å². The zero-order chi connectivity index (χ0) is 83.9. The summed E-state index contributed by atoms with van der Waals surface area (Å²) in [5, 5.41) is 28.0. The van der Waals surface area contributed by atoms with E-state index in [1.54, 1.807) is 0 Å². The molecule has 0 unspecified atom stereocenters. The smallest absolute Gasteiger partial charge is 0.121 e. The second-order valence-electron chi connectivity index (χ2n) is 33.8. The van der Waals surface area contributed by atoms with Gasteiger partial charge in [0.2, 0.25) is 0 Å². The molecule has 16 aromatic carbocycles. The first-order valence-electron chi connectivity index (χ1n) is 42.8. The van der Waals surface area contributed by atoms with Crippen LogP contribution in [0, 0.1) is 0 Å². The summed E-state index contributed by atoms with van der Waals surface area (Å²) in [5.74, 6) is 0. The van der Waals surface area contributed by atoms with Gasteiger partial charge in [0.1, 0.15) is 5.65 Å².